The van der Waals surface area contributed by atoms with Crippen molar-refractivity contribution in [1.82, 2.24) is 0 Å². The van der Waals surface area contributed by atoms with Gasteiger partial charge in [0.25, 0.3) is 0 Å². The average Bonchev–Trinajstić information content (AvgIpc) is 2.93. The van der Waals surface area contributed by atoms with Crippen LogP contribution in [0.1, 0.15) is 62.3 Å². The first kappa shape index (κ1) is 62.4. The molecule has 0 radical (unpaired) electrons. The van der Waals surface area contributed by atoms with Gasteiger partial charge in [-0.3, -0.25) is 19.3 Å². The fourth-order valence-corrected chi connectivity index (χ4v) is 2.28. The van der Waals surface area contributed by atoms with Crippen molar-refractivity contribution >= 4 is 34.7 Å². The van der Waals surface area contributed by atoms with Gasteiger partial charge in [-0.25, -0.2) is 0 Å². The number of carbonyl (C=O) groups is 6. The van der Waals surface area contributed by atoms with Gasteiger partial charge in [0.1, 0.15) is 0 Å². The van der Waals surface area contributed by atoms with Crippen LogP contribution in [0.25, 0.3) is 0 Å². The van der Waals surface area contributed by atoms with Gasteiger partial charge in [-0.15, -0.1) is 0 Å². The Bertz CT molecular complexity index is 1310. The van der Waals surface area contributed by atoms with E-state index >= 15 is 0 Å². The Hall–Kier alpha value is -2.26. The minimum atomic E-state index is -6.61. The molecule has 0 amide bonds. The van der Waals surface area contributed by atoms with E-state index in [9.17, 15) is 121 Å². The van der Waals surface area contributed by atoms with Crippen molar-refractivity contribution in [2.45, 2.75) is 116 Å². The number of hydrogen-bond acceptors (Lipinski definition) is 6. The molecular formula is C30H30EuF21O6. The molecule has 0 aliphatic heterocycles. The molecule has 0 aromatic rings. The van der Waals surface area contributed by atoms with E-state index in [1.807, 2.05) is 0 Å². The van der Waals surface area contributed by atoms with Gasteiger partial charge in [-0.1, -0.05) is 62.3 Å². The van der Waals surface area contributed by atoms with Crippen LogP contribution >= 0.6 is 0 Å². The van der Waals surface area contributed by atoms with Gasteiger partial charge in [0.05, 0.1) is 17.3 Å². The van der Waals surface area contributed by atoms with Crippen molar-refractivity contribution in [1.29, 1.82) is 0 Å². The van der Waals surface area contributed by atoms with Crippen LogP contribution in [-0.4, -0.2) is 88.8 Å². The molecule has 0 spiro atoms. The average molecular weight is 1040 g/mol. The van der Waals surface area contributed by atoms with E-state index in [0.717, 1.165) is 0 Å². The van der Waals surface area contributed by atoms with Crippen molar-refractivity contribution in [3.63, 3.8) is 0 Å². The normalized spacial score (nSPS) is 14.0. The van der Waals surface area contributed by atoms with Gasteiger partial charge in [0.2, 0.25) is 0 Å². The van der Waals surface area contributed by atoms with Crippen molar-refractivity contribution in [3.05, 3.63) is 19.3 Å². The maximum Gasteiger partial charge on any atom is 3.00 e. The Morgan fingerprint density at radius 3 is 0.483 bits per heavy atom. The fraction of sp³-hybridized carbons (Fsp3) is 0.700. The van der Waals surface area contributed by atoms with Crippen LogP contribution in [0.15, 0.2) is 0 Å². The quantitative estimate of drug-likeness (QED) is 0.110. The van der Waals surface area contributed by atoms with Crippen LogP contribution < -0.4 is 0 Å². The van der Waals surface area contributed by atoms with Crippen LogP contribution in [0.5, 0.6) is 0 Å². The summed E-state index contributed by atoms with van der Waals surface area (Å²) < 4.78 is 258. The monoisotopic (exact) mass is 1040 g/mol. The molecular weight excluding hydrogens is 1010 g/mol. The molecule has 0 aliphatic carbocycles. The SMILES string of the molecule is CC(C)(C)C(=O)[CH-]C(=O)C(F)(F)C(F)(F)C(F)(F)F.CC(C)(C)C(=O)[CH-]C(=O)C(F)(F)C(F)(F)C(F)(F)F.CC(C)(C)C(=O)[CH-]C(=O)C(F)(F)C(F)(F)C(F)(F)F.[Eu+3]. The standard InChI is InChI=1S/3C10H10F7O2.Eu/c3*1-7(2,3)5(18)4-6(19)8(11,12)9(13,14)10(15,16)17;/h3*4H,1-3H3;/q3*-1;+3. The van der Waals surface area contributed by atoms with Crippen molar-refractivity contribution in [2.75, 3.05) is 0 Å². The smallest absolute Gasteiger partial charge is 0.333 e. The Morgan fingerprint density at radius 1 is 0.276 bits per heavy atom. The Morgan fingerprint density at radius 2 is 0.397 bits per heavy atom. The molecule has 0 aromatic heterocycles. The Kier molecular flexibility index (Phi) is 20.7. The number of Topliss-reactive ketones (excluding diaryl/α,β-unsaturated/α-hetero) is 6. The van der Waals surface area contributed by atoms with Crippen LogP contribution in [-0.2, 0) is 28.8 Å². The molecule has 0 fully saturated rings. The van der Waals surface area contributed by atoms with E-state index in [1.165, 1.54) is 62.3 Å². The van der Waals surface area contributed by atoms with Gasteiger partial charge >= 0.3 is 103 Å². The zero-order valence-corrected chi connectivity index (χ0v) is 32.9. The van der Waals surface area contributed by atoms with Crippen molar-refractivity contribution < 1.29 is 170 Å². The third kappa shape index (κ3) is 15.0. The maximum absolute atomic E-state index is 12.8. The third-order valence-corrected chi connectivity index (χ3v) is 6.18. The summed E-state index contributed by atoms with van der Waals surface area (Å²) in [4.78, 5) is 65.9. The molecule has 0 heterocycles. The van der Waals surface area contributed by atoms with Gasteiger partial charge in [0.15, 0.2) is 0 Å². The van der Waals surface area contributed by atoms with Crippen LogP contribution in [0.4, 0.5) is 92.2 Å². The topological polar surface area (TPSA) is 102 Å². The van der Waals surface area contributed by atoms with Gasteiger partial charge in [-0.05, 0) is 16.2 Å². The Balaban J connectivity index is -0.000000374. The molecule has 0 saturated carbocycles. The molecule has 6 nitrogen and oxygen atoms in total. The largest absolute Gasteiger partial charge is 3.00 e. The number of rotatable bonds is 12. The van der Waals surface area contributed by atoms with E-state index in [2.05, 4.69) is 0 Å². The van der Waals surface area contributed by atoms with Gasteiger partial charge in [-0.2, -0.15) is 92.2 Å². The number of alkyl halides is 21. The summed E-state index contributed by atoms with van der Waals surface area (Å²) >= 11 is 0. The fourth-order valence-electron chi connectivity index (χ4n) is 2.28. The molecule has 0 unspecified atom stereocenters. The molecule has 0 bridgehead atoms. The van der Waals surface area contributed by atoms with E-state index in [0.29, 0.717) is 0 Å². The predicted molar refractivity (Wildman–Crippen MR) is 149 cm³/mol. The molecule has 0 aromatic carbocycles. The second-order valence-electron chi connectivity index (χ2n) is 14.3. The first-order chi connectivity index (χ1) is 24.1. The summed E-state index contributed by atoms with van der Waals surface area (Å²) in [6, 6.07) is 0. The Labute approximate surface area is 355 Å². The van der Waals surface area contributed by atoms with E-state index < -0.39 is 124 Å². The summed E-state index contributed by atoms with van der Waals surface area (Å²) in [6.45, 7) is 10.6. The summed E-state index contributed by atoms with van der Waals surface area (Å²) in [5.41, 5.74) is -4.09. The number of carbonyl (C=O) groups excluding carboxylic acids is 6. The number of ketones is 6. The number of halogens is 21. The molecule has 0 N–H and O–H groups in total. The molecule has 0 aliphatic rings. The predicted octanol–water partition coefficient (Wildman–Crippen LogP) is 9.62. The summed E-state index contributed by atoms with van der Waals surface area (Å²) in [5, 5.41) is 0. The summed E-state index contributed by atoms with van der Waals surface area (Å²) in [6.07, 6.45) is -21.1. The van der Waals surface area contributed by atoms with Crippen molar-refractivity contribution in [3.8, 4) is 0 Å². The minimum absolute atomic E-state index is 0. The van der Waals surface area contributed by atoms with E-state index in [1.54, 1.807) is 0 Å². The molecule has 0 rings (SSSR count). The van der Waals surface area contributed by atoms with Gasteiger partial charge in [0, 0.05) is 17.3 Å². The second kappa shape index (κ2) is 19.2. The molecule has 0 atom stereocenters. The van der Waals surface area contributed by atoms with Crippen LogP contribution in [0.2, 0.25) is 0 Å². The summed E-state index contributed by atoms with van der Waals surface area (Å²) in [7, 11) is 0. The van der Waals surface area contributed by atoms with Crippen LogP contribution in [0.3, 0.4) is 0 Å². The molecule has 340 valence electrons. The molecule has 0 saturated heterocycles. The third-order valence-electron chi connectivity index (χ3n) is 6.18. The summed E-state index contributed by atoms with van der Waals surface area (Å²) in [5.74, 6) is -50.2. The first-order valence-corrected chi connectivity index (χ1v) is 14.4. The second-order valence-corrected chi connectivity index (χ2v) is 14.3. The molecule has 58 heavy (non-hydrogen) atoms. The van der Waals surface area contributed by atoms with E-state index in [-0.39, 0.29) is 49.4 Å². The van der Waals surface area contributed by atoms with Crippen LogP contribution in [0, 0.1) is 84.9 Å². The minimum Gasteiger partial charge on any atom is -0.333 e. The number of hydrogen-bond donors (Lipinski definition) is 0. The maximum atomic E-state index is 12.8. The van der Waals surface area contributed by atoms with Crippen molar-refractivity contribution in [2.24, 2.45) is 16.2 Å². The van der Waals surface area contributed by atoms with Gasteiger partial charge < -0.3 is 28.8 Å². The zero-order valence-electron chi connectivity index (χ0n) is 30.5. The molecule has 28 heteroatoms. The first-order valence-electron chi connectivity index (χ1n) is 14.4. The van der Waals surface area contributed by atoms with E-state index in [4.69, 9.17) is 0 Å². The zero-order chi connectivity index (χ0) is 47.6.